The van der Waals surface area contributed by atoms with Crippen LogP contribution in [0.5, 0.6) is 0 Å². The van der Waals surface area contributed by atoms with Gasteiger partial charge in [0.1, 0.15) is 0 Å². The SMILES string of the molecule is C.CF.[Ag]. The molecule has 0 spiro atoms. The van der Waals surface area contributed by atoms with Crippen molar-refractivity contribution in [3.05, 3.63) is 0 Å². The second-order valence-corrected chi connectivity index (χ2v) is 0. The van der Waals surface area contributed by atoms with E-state index in [0.717, 1.165) is 0 Å². The molecule has 0 aliphatic carbocycles. The van der Waals surface area contributed by atoms with Gasteiger partial charge in [0.15, 0.2) is 0 Å². The van der Waals surface area contributed by atoms with Gasteiger partial charge in [-0.2, -0.15) is 0 Å². The summed E-state index contributed by atoms with van der Waals surface area (Å²) in [7, 11) is 0.500. The molecule has 33 valence electrons. The summed E-state index contributed by atoms with van der Waals surface area (Å²) in [6.07, 6.45) is 0. The van der Waals surface area contributed by atoms with Crippen LogP contribution in [0.15, 0.2) is 0 Å². The van der Waals surface area contributed by atoms with E-state index in [0.29, 0.717) is 7.18 Å². The van der Waals surface area contributed by atoms with Crippen LogP contribution in [0.1, 0.15) is 7.43 Å². The second kappa shape index (κ2) is 58.3. The molecule has 0 N–H and O–H groups in total. The van der Waals surface area contributed by atoms with Gasteiger partial charge >= 0.3 is 0 Å². The predicted octanol–water partition coefficient (Wildman–Crippen LogP) is 1.22. The van der Waals surface area contributed by atoms with Gasteiger partial charge in [0.2, 0.25) is 0 Å². The fourth-order valence-electron chi connectivity index (χ4n) is 0. The maximum absolute atomic E-state index is 9.50. The van der Waals surface area contributed by atoms with E-state index in [1.54, 1.807) is 0 Å². The van der Waals surface area contributed by atoms with E-state index in [2.05, 4.69) is 0 Å². The number of hydrogen-bond donors (Lipinski definition) is 0. The molecule has 0 aliphatic heterocycles. The molecular weight excluding hydrogens is 151 g/mol. The van der Waals surface area contributed by atoms with Crippen molar-refractivity contribution in [3.63, 3.8) is 0 Å². The van der Waals surface area contributed by atoms with E-state index in [-0.39, 0.29) is 29.8 Å². The van der Waals surface area contributed by atoms with Gasteiger partial charge in [0.05, 0.1) is 7.18 Å². The first-order valence-corrected chi connectivity index (χ1v) is 0.378. The van der Waals surface area contributed by atoms with Crippen LogP contribution in [0.4, 0.5) is 4.39 Å². The second-order valence-electron chi connectivity index (χ2n) is 0. The van der Waals surface area contributed by atoms with Crippen molar-refractivity contribution < 1.29 is 26.8 Å². The van der Waals surface area contributed by atoms with Gasteiger partial charge in [-0.3, -0.25) is 4.39 Å². The molecule has 0 fully saturated rings. The summed E-state index contributed by atoms with van der Waals surface area (Å²) in [6.45, 7) is 0. The first-order valence-electron chi connectivity index (χ1n) is 0.378. The molecule has 4 heavy (non-hydrogen) atoms. The third kappa shape index (κ3) is 16.6. The van der Waals surface area contributed by atoms with Crippen LogP contribution in [0.3, 0.4) is 0 Å². The van der Waals surface area contributed by atoms with E-state index < -0.39 is 0 Å². The molecule has 0 amide bonds. The van der Waals surface area contributed by atoms with E-state index in [1.807, 2.05) is 0 Å². The molecule has 0 rings (SSSR count). The van der Waals surface area contributed by atoms with Gasteiger partial charge in [-0.05, 0) is 0 Å². The zero-order valence-electron chi connectivity index (χ0n) is 1.68. The molecule has 0 aliphatic rings. The average molecular weight is 158 g/mol. The Labute approximate surface area is 41.9 Å². The maximum atomic E-state index is 9.50. The van der Waals surface area contributed by atoms with Crippen molar-refractivity contribution in [1.29, 1.82) is 0 Å². The fraction of sp³-hybridized carbons (Fsp3) is 1.00. The largest absolute Gasteiger partial charge is 0.255 e. The van der Waals surface area contributed by atoms with Crippen molar-refractivity contribution >= 4 is 0 Å². The minimum atomic E-state index is 0. The third-order valence-corrected chi connectivity index (χ3v) is 0. The fourth-order valence-corrected chi connectivity index (χ4v) is 0. The van der Waals surface area contributed by atoms with Crippen LogP contribution in [-0.4, -0.2) is 7.18 Å². The van der Waals surface area contributed by atoms with Gasteiger partial charge < -0.3 is 0 Å². The van der Waals surface area contributed by atoms with Crippen molar-refractivity contribution in [2.24, 2.45) is 0 Å². The van der Waals surface area contributed by atoms with Crippen molar-refractivity contribution in [3.8, 4) is 0 Å². The summed E-state index contributed by atoms with van der Waals surface area (Å²) < 4.78 is 9.50. The number of rotatable bonds is 0. The molecule has 0 saturated carbocycles. The Kier molecular flexibility index (Phi) is 328. The van der Waals surface area contributed by atoms with Gasteiger partial charge in [0.25, 0.3) is 0 Å². The van der Waals surface area contributed by atoms with Crippen molar-refractivity contribution in [1.82, 2.24) is 0 Å². The molecule has 0 atom stereocenters. The molecule has 1 radical (unpaired) electrons. The quantitative estimate of drug-likeness (QED) is 0.465. The topological polar surface area (TPSA) is 0 Å². The number of halogens is 1. The maximum Gasteiger partial charge on any atom is 0.0785 e. The first-order chi connectivity index (χ1) is 1.00. The molecule has 0 unspecified atom stereocenters. The van der Waals surface area contributed by atoms with E-state index >= 15 is 0 Å². The van der Waals surface area contributed by atoms with Crippen molar-refractivity contribution in [2.45, 2.75) is 7.43 Å². The Balaban J connectivity index is -0.00000000500. The molecule has 0 aromatic carbocycles. The predicted molar refractivity (Wildman–Crippen MR) is 13.8 cm³/mol. The smallest absolute Gasteiger partial charge is 0.0785 e. The minimum absolute atomic E-state index is 0. The van der Waals surface area contributed by atoms with E-state index in [9.17, 15) is 4.39 Å². The molecule has 0 nitrogen and oxygen atoms in total. The van der Waals surface area contributed by atoms with Gasteiger partial charge in [-0.25, -0.2) is 0 Å². The molecule has 0 bridgehead atoms. The Morgan fingerprint density at radius 3 is 1.25 bits per heavy atom. The third-order valence-electron chi connectivity index (χ3n) is 0. The Hall–Kier alpha value is 0.670. The van der Waals surface area contributed by atoms with Crippen molar-refractivity contribution in [2.75, 3.05) is 7.18 Å². The van der Waals surface area contributed by atoms with Crippen LogP contribution in [-0.2, 0) is 22.4 Å². The summed E-state index contributed by atoms with van der Waals surface area (Å²) in [4.78, 5) is 0. The first kappa shape index (κ1) is 22.6. The molecule has 0 aromatic rings. The zero-order valence-corrected chi connectivity index (χ0v) is 3.16. The standard InChI is InChI=1S/CH3F.CH4.Ag/c1-2;;/h1H3;1H4;. The van der Waals surface area contributed by atoms with Crippen LogP contribution in [0.2, 0.25) is 0 Å². The van der Waals surface area contributed by atoms with E-state index in [4.69, 9.17) is 0 Å². The number of alkyl halides is 1. The molecule has 2 heteroatoms. The molecule has 0 aromatic heterocycles. The monoisotopic (exact) mass is 157 g/mol. The van der Waals surface area contributed by atoms with Crippen LogP contribution >= 0.6 is 0 Å². The normalized spacial score (nSPS) is 1.50. The molecule has 0 saturated heterocycles. The summed E-state index contributed by atoms with van der Waals surface area (Å²) in [5.41, 5.74) is 0. The van der Waals surface area contributed by atoms with Crippen LogP contribution < -0.4 is 0 Å². The Morgan fingerprint density at radius 2 is 1.25 bits per heavy atom. The molecular formula is C2H7AgF. The van der Waals surface area contributed by atoms with Gasteiger partial charge in [-0.15, -0.1) is 0 Å². The van der Waals surface area contributed by atoms with Gasteiger partial charge in [-0.1, -0.05) is 7.43 Å². The average Bonchev–Trinajstić information content (AvgIpc) is 1.00. The Bertz CT molecular complexity index is 6.00. The van der Waals surface area contributed by atoms with Crippen LogP contribution in [0.25, 0.3) is 0 Å². The van der Waals surface area contributed by atoms with Gasteiger partial charge in [0, 0.05) is 22.4 Å². The summed E-state index contributed by atoms with van der Waals surface area (Å²) >= 11 is 0. The van der Waals surface area contributed by atoms with Crippen LogP contribution in [0, 0.1) is 0 Å². The molecule has 0 heterocycles. The summed E-state index contributed by atoms with van der Waals surface area (Å²) in [5.74, 6) is 0. The Morgan fingerprint density at radius 1 is 1.25 bits per heavy atom. The number of hydrogen-bond acceptors (Lipinski definition) is 0. The summed E-state index contributed by atoms with van der Waals surface area (Å²) in [5, 5.41) is 0. The minimum Gasteiger partial charge on any atom is -0.255 e. The van der Waals surface area contributed by atoms with E-state index in [1.165, 1.54) is 0 Å². The summed E-state index contributed by atoms with van der Waals surface area (Å²) in [6, 6.07) is 0. The zero-order chi connectivity index (χ0) is 2.00.